The number of hydrogen-bond donors (Lipinski definition) is 2. The number of carbonyl (C=O) groups is 2. The van der Waals surface area contributed by atoms with Crippen molar-refractivity contribution in [2.45, 2.75) is 13.8 Å². The third-order valence-corrected chi connectivity index (χ3v) is 3.44. The number of carbonyl (C=O) groups excluding carboxylic acids is 2. The molecule has 0 radical (unpaired) electrons. The van der Waals surface area contributed by atoms with E-state index in [1.165, 1.54) is 31.3 Å². The van der Waals surface area contributed by atoms with Crippen LogP contribution in [-0.2, 0) is 9.59 Å². The fraction of sp³-hybridized carbons (Fsp3) is 0.125. The van der Waals surface area contributed by atoms with E-state index in [0.29, 0.717) is 11.5 Å². The van der Waals surface area contributed by atoms with E-state index in [4.69, 9.17) is 10.2 Å². The lowest BCUT2D eigenvalue weighted by Crippen LogP contribution is -2.42. The Morgan fingerprint density at radius 3 is 2.65 bits per heavy atom. The summed E-state index contributed by atoms with van der Waals surface area (Å²) in [6, 6.07) is 1.33. The highest BCUT2D eigenvalue weighted by atomic mass is 16.3. The third kappa shape index (κ3) is 2.52. The number of fused-ring (bicyclic) bond motifs is 1. The van der Waals surface area contributed by atoms with E-state index in [0.717, 1.165) is 0 Å². The van der Waals surface area contributed by atoms with Crippen molar-refractivity contribution in [1.29, 1.82) is 0 Å². The molecule has 7 nitrogen and oxygen atoms in total. The van der Waals surface area contributed by atoms with Crippen LogP contribution in [0.4, 0.5) is 5.95 Å². The highest BCUT2D eigenvalue weighted by Crippen LogP contribution is 2.21. The molecule has 0 amide bonds. The average molecular weight is 311 g/mol. The number of hydrogen-bond acceptors (Lipinski definition) is 6. The first-order chi connectivity index (χ1) is 10.9. The Kier molecular flexibility index (Phi) is 3.33. The summed E-state index contributed by atoms with van der Waals surface area (Å²) < 4.78 is 5.39. The van der Waals surface area contributed by atoms with Crippen LogP contribution in [0.25, 0.3) is 17.7 Å². The highest BCUT2D eigenvalue weighted by Gasteiger charge is 2.22. The number of nitrogens with two attached hydrogens (primary N) is 1. The van der Waals surface area contributed by atoms with Gasteiger partial charge in [-0.25, -0.2) is 4.98 Å². The average Bonchev–Trinajstić information content (AvgIpc) is 2.86. The molecule has 0 saturated carbocycles. The Hall–Kier alpha value is -3.22. The summed E-state index contributed by atoms with van der Waals surface area (Å²) in [7, 11) is 0. The first kappa shape index (κ1) is 14.7. The maximum absolute atomic E-state index is 12.4. The lowest BCUT2D eigenvalue weighted by molar-refractivity contribution is -0.113. The number of aromatic amines is 1. The van der Waals surface area contributed by atoms with Gasteiger partial charge < -0.3 is 15.1 Å². The minimum atomic E-state index is -0.426. The first-order valence-electron chi connectivity index (χ1n) is 6.81. The molecule has 3 N–H and O–H groups in total. The molecule has 0 unspecified atom stereocenters. The summed E-state index contributed by atoms with van der Waals surface area (Å²) >= 11 is 0. The lowest BCUT2D eigenvalue weighted by Gasteiger charge is -2.09. The fourth-order valence-corrected chi connectivity index (χ4v) is 2.49. The van der Waals surface area contributed by atoms with Crippen molar-refractivity contribution in [1.82, 2.24) is 9.97 Å². The quantitative estimate of drug-likeness (QED) is 0.718. The molecule has 2 aromatic rings. The molecule has 116 valence electrons. The van der Waals surface area contributed by atoms with Crippen molar-refractivity contribution in [3.8, 4) is 0 Å². The standard InChI is InChI=1S/C16H13N3O4/c1-7-3-12(21)9-4-10(13(22)5-14(9)23-7)15(8(2)20)11-6-18-16(17)19-11/h3-6H,1-2H3,(H3,17,18,19). The van der Waals surface area contributed by atoms with Crippen LogP contribution in [-0.4, -0.2) is 21.5 Å². The van der Waals surface area contributed by atoms with Gasteiger partial charge in [-0.15, -0.1) is 0 Å². The monoisotopic (exact) mass is 311 g/mol. The molecule has 0 spiro atoms. The highest BCUT2D eigenvalue weighted by molar-refractivity contribution is 6.34. The zero-order chi connectivity index (χ0) is 16.7. The number of nitrogens with one attached hydrogen (secondary N) is 1. The molecule has 0 bridgehead atoms. The SMILES string of the molecule is CC(=O)C(=C1C=c2c(=O)cc(C)oc2=CC1=O)c1cnc(N)[nH]1. The van der Waals surface area contributed by atoms with Crippen LogP contribution in [0.1, 0.15) is 18.4 Å². The first-order valence-corrected chi connectivity index (χ1v) is 6.81. The van der Waals surface area contributed by atoms with Gasteiger partial charge in [-0.1, -0.05) is 0 Å². The zero-order valence-corrected chi connectivity index (χ0v) is 12.5. The van der Waals surface area contributed by atoms with E-state index < -0.39 is 5.78 Å². The van der Waals surface area contributed by atoms with Gasteiger partial charge in [-0.05, 0) is 19.9 Å². The number of Topliss-reactive ketones (excluding diaryl/α,β-unsaturated/α-hetero) is 2. The van der Waals surface area contributed by atoms with Gasteiger partial charge in [-0.2, -0.15) is 0 Å². The molecule has 0 aromatic carbocycles. The Bertz CT molecular complexity index is 1050. The number of anilines is 1. The van der Waals surface area contributed by atoms with Crippen molar-refractivity contribution in [2.24, 2.45) is 0 Å². The summed E-state index contributed by atoms with van der Waals surface area (Å²) in [5.41, 5.74) is 5.99. The summed E-state index contributed by atoms with van der Waals surface area (Å²) in [5.74, 6) is -0.236. The van der Waals surface area contributed by atoms with Crippen molar-refractivity contribution < 1.29 is 14.0 Å². The van der Waals surface area contributed by atoms with Crippen molar-refractivity contribution in [3.63, 3.8) is 0 Å². The second-order valence-corrected chi connectivity index (χ2v) is 5.18. The largest absolute Gasteiger partial charge is 0.461 e. The van der Waals surface area contributed by atoms with Gasteiger partial charge in [0.1, 0.15) is 11.2 Å². The van der Waals surface area contributed by atoms with E-state index in [9.17, 15) is 14.4 Å². The van der Waals surface area contributed by atoms with Crippen LogP contribution in [0.2, 0.25) is 0 Å². The van der Waals surface area contributed by atoms with Crippen molar-refractivity contribution >= 4 is 35.2 Å². The van der Waals surface area contributed by atoms with Gasteiger partial charge in [0.05, 0.1) is 22.7 Å². The van der Waals surface area contributed by atoms with Crippen LogP contribution in [0.3, 0.4) is 0 Å². The fourth-order valence-electron chi connectivity index (χ4n) is 2.49. The summed E-state index contributed by atoms with van der Waals surface area (Å²) in [4.78, 5) is 43.1. The molecule has 23 heavy (non-hydrogen) atoms. The molecule has 7 heteroatoms. The predicted octanol–water partition coefficient (Wildman–Crippen LogP) is -0.560. The zero-order valence-electron chi connectivity index (χ0n) is 12.5. The van der Waals surface area contributed by atoms with Crippen LogP contribution in [0.5, 0.6) is 0 Å². The molecule has 1 aliphatic carbocycles. The van der Waals surface area contributed by atoms with Gasteiger partial charge in [0.15, 0.2) is 22.9 Å². The molecule has 0 aliphatic heterocycles. The molecule has 0 atom stereocenters. The number of H-pyrrole nitrogens is 1. The maximum atomic E-state index is 12.4. The summed E-state index contributed by atoms with van der Waals surface area (Å²) in [5, 5.41) is 0.233. The number of aromatic nitrogens is 2. The van der Waals surface area contributed by atoms with E-state index in [1.54, 1.807) is 6.92 Å². The van der Waals surface area contributed by atoms with Crippen LogP contribution < -0.4 is 21.8 Å². The number of ketones is 2. The second kappa shape index (κ2) is 5.20. The molecular weight excluding hydrogens is 298 g/mol. The minimum absolute atomic E-state index is 0.102. The van der Waals surface area contributed by atoms with E-state index in [1.807, 2.05) is 0 Å². The normalized spacial score (nSPS) is 15.5. The van der Waals surface area contributed by atoms with Gasteiger partial charge in [0.25, 0.3) is 0 Å². The Morgan fingerprint density at radius 2 is 2.04 bits per heavy atom. The number of nitrogens with zero attached hydrogens (tertiary/aromatic N) is 1. The Morgan fingerprint density at radius 1 is 1.30 bits per heavy atom. The Labute approximate surface area is 129 Å². The topological polar surface area (TPSA) is 119 Å². The molecule has 2 heterocycles. The number of rotatable bonds is 2. The maximum Gasteiger partial charge on any atom is 0.197 e. The third-order valence-electron chi connectivity index (χ3n) is 3.44. The summed E-state index contributed by atoms with van der Waals surface area (Å²) in [6.07, 6.45) is 3.95. The van der Waals surface area contributed by atoms with Gasteiger partial charge in [0, 0.05) is 17.7 Å². The van der Waals surface area contributed by atoms with Gasteiger partial charge >= 0.3 is 0 Å². The molecule has 0 saturated heterocycles. The molecular formula is C16H13N3O4. The molecule has 0 fully saturated rings. The van der Waals surface area contributed by atoms with E-state index in [2.05, 4.69) is 9.97 Å². The number of aryl methyl sites for hydroxylation is 1. The molecule has 2 aromatic heterocycles. The molecule has 1 aliphatic rings. The molecule has 3 rings (SSSR count). The summed E-state index contributed by atoms with van der Waals surface area (Å²) in [6.45, 7) is 2.95. The van der Waals surface area contributed by atoms with Crippen LogP contribution >= 0.6 is 0 Å². The van der Waals surface area contributed by atoms with Gasteiger partial charge in [0.2, 0.25) is 0 Å². The van der Waals surface area contributed by atoms with E-state index >= 15 is 0 Å². The number of allylic oxidation sites excluding steroid dienone is 2. The lowest BCUT2D eigenvalue weighted by atomic mass is 9.95. The van der Waals surface area contributed by atoms with Crippen molar-refractivity contribution in [2.75, 3.05) is 5.73 Å². The number of imidazole rings is 1. The van der Waals surface area contributed by atoms with Crippen LogP contribution in [0.15, 0.2) is 27.0 Å². The van der Waals surface area contributed by atoms with Gasteiger partial charge in [-0.3, -0.25) is 14.4 Å². The predicted molar refractivity (Wildman–Crippen MR) is 83.5 cm³/mol. The second-order valence-electron chi connectivity index (χ2n) is 5.18. The number of nitrogen functional groups attached to an aromatic ring is 1. The minimum Gasteiger partial charge on any atom is -0.461 e. The smallest absolute Gasteiger partial charge is 0.197 e. The Balaban J connectivity index is 2.38. The van der Waals surface area contributed by atoms with E-state index in [-0.39, 0.29) is 38.9 Å². The van der Waals surface area contributed by atoms with Crippen molar-refractivity contribution in [3.05, 3.63) is 50.1 Å². The van der Waals surface area contributed by atoms with Crippen LogP contribution in [0, 0.1) is 6.92 Å².